The number of carbonyl (C=O) groups excluding carboxylic acids is 1. The molecule has 0 saturated heterocycles. The van der Waals surface area contributed by atoms with Crippen LogP contribution in [0.3, 0.4) is 0 Å². The summed E-state index contributed by atoms with van der Waals surface area (Å²) in [5.74, 6) is -1.07. The van der Waals surface area contributed by atoms with Crippen LogP contribution in [0.1, 0.15) is 18.9 Å². The van der Waals surface area contributed by atoms with Crippen molar-refractivity contribution in [2.24, 2.45) is 0 Å². The van der Waals surface area contributed by atoms with Gasteiger partial charge in [-0.2, -0.15) is 0 Å². The second-order valence-corrected chi connectivity index (χ2v) is 4.96. The molecule has 5 heteroatoms. The monoisotopic (exact) mass is 287 g/mol. The van der Waals surface area contributed by atoms with Gasteiger partial charge in [-0.25, -0.2) is 9.59 Å². The van der Waals surface area contributed by atoms with Gasteiger partial charge >= 0.3 is 12.1 Å². The first-order valence-electron chi connectivity index (χ1n) is 6.61. The Kier molecular flexibility index (Phi) is 4.42. The summed E-state index contributed by atoms with van der Waals surface area (Å²) in [6, 6.07) is 9.24. The Morgan fingerprint density at radius 3 is 2.67 bits per heavy atom. The second kappa shape index (κ2) is 6.26. The summed E-state index contributed by atoms with van der Waals surface area (Å²) in [5, 5.41) is 9.41. The molecule has 0 radical (unpaired) electrons. The molecule has 110 valence electrons. The van der Waals surface area contributed by atoms with Crippen molar-refractivity contribution >= 4 is 12.1 Å². The maximum atomic E-state index is 12.2. The number of hydrogen-bond donors (Lipinski definition) is 1. The summed E-state index contributed by atoms with van der Waals surface area (Å²) in [5.41, 5.74) is -0.503. The molecular weight excluding hydrogens is 270 g/mol. The molecule has 1 aromatic carbocycles. The van der Waals surface area contributed by atoms with Crippen LogP contribution in [0.15, 0.2) is 54.8 Å². The highest BCUT2D eigenvalue weighted by atomic mass is 16.6. The Bertz CT molecular complexity index is 579. The molecule has 0 aromatic heterocycles. The molecular formula is C16H17NO4. The fourth-order valence-electron chi connectivity index (χ4n) is 2.02. The third kappa shape index (κ3) is 3.31. The third-order valence-electron chi connectivity index (χ3n) is 3.39. The van der Waals surface area contributed by atoms with Crippen molar-refractivity contribution in [3.05, 3.63) is 60.3 Å². The lowest BCUT2D eigenvalue weighted by molar-refractivity contribution is -0.147. The van der Waals surface area contributed by atoms with Gasteiger partial charge in [0.2, 0.25) is 0 Å². The highest BCUT2D eigenvalue weighted by Gasteiger charge is 2.42. The lowest BCUT2D eigenvalue weighted by atomic mass is 9.96. The number of nitrogens with zero attached hydrogens (tertiary/aromatic N) is 1. The number of carboxylic acid groups (broad SMARTS) is 1. The van der Waals surface area contributed by atoms with Gasteiger partial charge in [0.25, 0.3) is 0 Å². The molecule has 1 amide bonds. The topological polar surface area (TPSA) is 66.8 Å². The smallest absolute Gasteiger partial charge is 0.415 e. The van der Waals surface area contributed by atoms with Gasteiger partial charge in [-0.15, -0.1) is 0 Å². The lowest BCUT2D eigenvalue weighted by Gasteiger charge is -2.33. The van der Waals surface area contributed by atoms with Gasteiger partial charge in [0.05, 0.1) is 0 Å². The van der Waals surface area contributed by atoms with E-state index < -0.39 is 17.6 Å². The zero-order valence-corrected chi connectivity index (χ0v) is 11.7. The molecule has 2 rings (SSSR count). The number of allylic oxidation sites excluding steroid dienone is 2. The maximum Gasteiger partial charge on any atom is 0.415 e. The van der Waals surface area contributed by atoms with E-state index in [0.29, 0.717) is 0 Å². The minimum absolute atomic E-state index is 0.104. The van der Waals surface area contributed by atoms with Crippen molar-refractivity contribution in [3.63, 3.8) is 0 Å². The van der Waals surface area contributed by atoms with Gasteiger partial charge in [0, 0.05) is 6.20 Å². The number of aliphatic carboxylic acids is 1. The fourth-order valence-corrected chi connectivity index (χ4v) is 2.02. The highest BCUT2D eigenvalue weighted by molar-refractivity contribution is 5.85. The Hall–Kier alpha value is -2.56. The summed E-state index contributed by atoms with van der Waals surface area (Å²) in [4.78, 5) is 24.8. The van der Waals surface area contributed by atoms with Crippen molar-refractivity contribution in [2.75, 3.05) is 0 Å². The third-order valence-corrected chi connectivity index (χ3v) is 3.39. The van der Waals surface area contributed by atoms with Crippen LogP contribution < -0.4 is 0 Å². The molecule has 0 saturated carbocycles. The summed E-state index contributed by atoms with van der Waals surface area (Å²) in [6.45, 7) is 1.60. The summed E-state index contributed by atoms with van der Waals surface area (Å²) < 4.78 is 5.21. The number of rotatable bonds is 3. The van der Waals surface area contributed by atoms with Gasteiger partial charge in [0.15, 0.2) is 0 Å². The van der Waals surface area contributed by atoms with E-state index in [-0.39, 0.29) is 13.0 Å². The summed E-state index contributed by atoms with van der Waals surface area (Å²) in [6.07, 6.45) is 6.03. The normalized spacial score (nSPS) is 20.9. The van der Waals surface area contributed by atoms with Crippen molar-refractivity contribution in [2.45, 2.75) is 25.5 Å². The lowest BCUT2D eigenvalue weighted by Crippen LogP contribution is -2.52. The molecule has 1 aliphatic rings. The van der Waals surface area contributed by atoms with Gasteiger partial charge < -0.3 is 9.84 Å². The van der Waals surface area contributed by atoms with Crippen LogP contribution in [0, 0.1) is 0 Å². The van der Waals surface area contributed by atoms with E-state index in [1.165, 1.54) is 13.1 Å². The molecule has 1 N–H and O–H groups in total. The van der Waals surface area contributed by atoms with E-state index in [4.69, 9.17) is 4.74 Å². The number of hydrogen-bond acceptors (Lipinski definition) is 3. The minimum Gasteiger partial charge on any atom is -0.479 e. The van der Waals surface area contributed by atoms with Crippen LogP contribution in [0.25, 0.3) is 0 Å². The van der Waals surface area contributed by atoms with Gasteiger partial charge in [-0.05, 0) is 25.0 Å². The van der Waals surface area contributed by atoms with E-state index >= 15 is 0 Å². The van der Waals surface area contributed by atoms with Crippen molar-refractivity contribution in [3.8, 4) is 0 Å². The Balaban J connectivity index is 2.10. The van der Waals surface area contributed by atoms with E-state index in [1.54, 1.807) is 18.2 Å². The second-order valence-electron chi connectivity index (χ2n) is 4.96. The summed E-state index contributed by atoms with van der Waals surface area (Å²) in [7, 11) is 0. The predicted molar refractivity (Wildman–Crippen MR) is 77.4 cm³/mol. The van der Waals surface area contributed by atoms with E-state index in [2.05, 4.69) is 0 Å². The van der Waals surface area contributed by atoms with Gasteiger partial charge in [-0.1, -0.05) is 42.5 Å². The summed E-state index contributed by atoms with van der Waals surface area (Å²) >= 11 is 0. The minimum atomic E-state index is -1.35. The number of amides is 1. The number of benzene rings is 1. The Morgan fingerprint density at radius 2 is 2.00 bits per heavy atom. The van der Waals surface area contributed by atoms with E-state index in [1.807, 2.05) is 30.3 Å². The number of carbonyl (C=O) groups is 2. The molecule has 0 unspecified atom stereocenters. The average molecular weight is 287 g/mol. The Labute approximate surface area is 123 Å². The van der Waals surface area contributed by atoms with Crippen LogP contribution in [0.2, 0.25) is 0 Å². The van der Waals surface area contributed by atoms with Crippen molar-refractivity contribution in [1.82, 2.24) is 4.90 Å². The molecule has 1 aliphatic heterocycles. The average Bonchev–Trinajstić information content (AvgIpc) is 2.69. The van der Waals surface area contributed by atoms with Crippen LogP contribution >= 0.6 is 0 Å². The molecule has 0 fully saturated rings. The molecule has 21 heavy (non-hydrogen) atoms. The van der Waals surface area contributed by atoms with Gasteiger partial charge in [-0.3, -0.25) is 4.90 Å². The standard InChI is InChI=1S/C16H17NO4/c1-16(14(18)19)10-6-3-7-11-17(16)15(20)21-12-13-8-4-2-5-9-13/h2-9,11H,10,12H2,1H3,(H,18,19)/t16-/m1/s1. The maximum absolute atomic E-state index is 12.2. The number of ether oxygens (including phenoxy) is 1. The van der Waals surface area contributed by atoms with E-state index in [9.17, 15) is 14.7 Å². The predicted octanol–water partition coefficient (Wildman–Crippen LogP) is 2.94. The van der Waals surface area contributed by atoms with Crippen LogP contribution in [-0.2, 0) is 16.1 Å². The first-order chi connectivity index (χ1) is 10.0. The molecule has 1 aromatic rings. The molecule has 0 spiro atoms. The largest absolute Gasteiger partial charge is 0.479 e. The Morgan fingerprint density at radius 1 is 1.29 bits per heavy atom. The van der Waals surface area contributed by atoms with Crippen molar-refractivity contribution < 1.29 is 19.4 Å². The SMILES string of the molecule is C[C@]1(C(=O)O)CC=CC=CN1C(=O)OCc1ccccc1. The van der Waals surface area contributed by atoms with Crippen molar-refractivity contribution in [1.29, 1.82) is 0 Å². The number of carboxylic acids is 1. The first kappa shape index (κ1) is 14.8. The quantitative estimate of drug-likeness (QED) is 0.928. The highest BCUT2D eigenvalue weighted by Crippen LogP contribution is 2.25. The molecule has 5 nitrogen and oxygen atoms in total. The van der Waals surface area contributed by atoms with Gasteiger partial charge in [0.1, 0.15) is 12.1 Å². The molecule has 0 aliphatic carbocycles. The van der Waals surface area contributed by atoms with Crippen LogP contribution in [0.4, 0.5) is 4.79 Å². The fraction of sp³-hybridized carbons (Fsp3) is 0.250. The van der Waals surface area contributed by atoms with Crippen LogP contribution in [-0.4, -0.2) is 27.6 Å². The molecule has 0 bridgehead atoms. The van der Waals surface area contributed by atoms with Crippen LogP contribution in [0.5, 0.6) is 0 Å². The zero-order chi connectivity index (χ0) is 15.3. The first-order valence-corrected chi connectivity index (χ1v) is 6.61. The zero-order valence-electron chi connectivity index (χ0n) is 11.7. The molecule has 1 atom stereocenters. The molecule has 1 heterocycles. The van der Waals surface area contributed by atoms with E-state index in [0.717, 1.165) is 10.5 Å².